The Hall–Kier alpha value is -1.49. The van der Waals surface area contributed by atoms with E-state index in [4.69, 9.17) is 9.47 Å². The van der Waals surface area contributed by atoms with Gasteiger partial charge in [-0.2, -0.15) is 5.10 Å². The van der Waals surface area contributed by atoms with Crippen molar-refractivity contribution in [2.45, 2.75) is 32.3 Å². The van der Waals surface area contributed by atoms with Crippen LogP contribution in [0.25, 0.3) is 0 Å². The van der Waals surface area contributed by atoms with Gasteiger partial charge in [0.25, 0.3) is 0 Å². The number of alkyl halides is 1. The van der Waals surface area contributed by atoms with Crippen LogP contribution in [0.1, 0.15) is 23.9 Å². The first kappa shape index (κ1) is 14.9. The molecule has 0 aliphatic carbocycles. The molecule has 0 radical (unpaired) electrons. The predicted octanol–water partition coefficient (Wildman–Crippen LogP) is 3.69. The van der Waals surface area contributed by atoms with Gasteiger partial charge in [-0.1, -0.05) is 15.9 Å². The minimum atomic E-state index is 0.515. The van der Waals surface area contributed by atoms with E-state index in [0.29, 0.717) is 6.61 Å². The van der Waals surface area contributed by atoms with Crippen LogP contribution in [0.4, 0.5) is 0 Å². The maximum absolute atomic E-state index is 5.92. The van der Waals surface area contributed by atoms with Crippen LogP contribution in [0.2, 0.25) is 0 Å². The molecular weight excluding hydrogens is 320 g/mol. The fourth-order valence-corrected chi connectivity index (χ4v) is 2.51. The molecule has 4 nitrogen and oxygen atoms in total. The lowest BCUT2D eigenvalue weighted by molar-refractivity contribution is 0.289. The highest BCUT2D eigenvalue weighted by molar-refractivity contribution is 9.08. The number of nitrogens with zero attached hydrogens (tertiary/aromatic N) is 2. The highest BCUT2D eigenvalue weighted by Crippen LogP contribution is 2.27. The molecule has 20 heavy (non-hydrogen) atoms. The van der Waals surface area contributed by atoms with Crippen molar-refractivity contribution in [3.63, 3.8) is 0 Å². The zero-order valence-electron chi connectivity index (χ0n) is 12.0. The third kappa shape index (κ3) is 3.33. The molecule has 0 saturated heterocycles. The first-order valence-electron chi connectivity index (χ1n) is 6.57. The van der Waals surface area contributed by atoms with E-state index in [0.717, 1.165) is 40.3 Å². The van der Waals surface area contributed by atoms with E-state index in [1.807, 2.05) is 29.8 Å². The molecule has 0 bridgehead atoms. The molecule has 2 rings (SSSR count). The van der Waals surface area contributed by atoms with Crippen molar-refractivity contribution in [1.82, 2.24) is 9.78 Å². The van der Waals surface area contributed by atoms with Gasteiger partial charge in [-0.05, 0) is 38.1 Å². The summed E-state index contributed by atoms with van der Waals surface area (Å²) in [6.45, 7) is 5.43. The van der Waals surface area contributed by atoms with Crippen molar-refractivity contribution in [2.75, 3.05) is 7.11 Å². The molecule has 0 fully saturated rings. The van der Waals surface area contributed by atoms with Crippen LogP contribution in [0, 0.1) is 6.92 Å². The zero-order valence-corrected chi connectivity index (χ0v) is 13.6. The lowest BCUT2D eigenvalue weighted by Gasteiger charge is -2.12. The van der Waals surface area contributed by atoms with Crippen LogP contribution < -0.4 is 9.47 Å². The third-order valence-corrected chi connectivity index (χ3v) is 3.68. The van der Waals surface area contributed by atoms with Crippen molar-refractivity contribution in [3.8, 4) is 11.5 Å². The Bertz CT molecular complexity index is 581. The third-order valence-electron chi connectivity index (χ3n) is 3.07. The Kier molecular flexibility index (Phi) is 5.06. The van der Waals surface area contributed by atoms with Crippen molar-refractivity contribution >= 4 is 15.9 Å². The molecule has 0 aliphatic rings. The minimum Gasteiger partial charge on any atom is -0.497 e. The number of hydrogen-bond donors (Lipinski definition) is 0. The quantitative estimate of drug-likeness (QED) is 0.753. The summed E-state index contributed by atoms with van der Waals surface area (Å²) in [6.07, 6.45) is 0. The fourth-order valence-electron chi connectivity index (χ4n) is 2.07. The monoisotopic (exact) mass is 338 g/mol. The van der Waals surface area contributed by atoms with Gasteiger partial charge in [-0.15, -0.1) is 0 Å². The van der Waals surface area contributed by atoms with Gasteiger partial charge < -0.3 is 9.47 Å². The average molecular weight is 339 g/mol. The predicted molar refractivity (Wildman–Crippen MR) is 82.6 cm³/mol. The first-order chi connectivity index (χ1) is 9.67. The van der Waals surface area contributed by atoms with Gasteiger partial charge in [0.05, 0.1) is 18.5 Å². The number of halogens is 1. The molecular formula is C15H19BrN2O2. The van der Waals surface area contributed by atoms with Crippen molar-refractivity contribution in [2.24, 2.45) is 0 Å². The van der Waals surface area contributed by atoms with E-state index in [1.54, 1.807) is 7.11 Å². The molecule has 1 heterocycles. The zero-order chi connectivity index (χ0) is 14.5. The van der Waals surface area contributed by atoms with Gasteiger partial charge in [0.1, 0.15) is 18.1 Å². The standard InChI is InChI=1S/C15H19BrN2O2/c1-4-18-13(7-11(2)17-18)10-20-15-6-5-14(19-3)8-12(15)9-16/h5-8H,4,9-10H2,1-3H3. The van der Waals surface area contributed by atoms with Crippen LogP contribution in [0.5, 0.6) is 11.5 Å². The summed E-state index contributed by atoms with van der Waals surface area (Å²) in [5.41, 5.74) is 3.17. The summed E-state index contributed by atoms with van der Waals surface area (Å²) in [5, 5.41) is 5.15. The van der Waals surface area contributed by atoms with Gasteiger partial charge in [0.2, 0.25) is 0 Å². The smallest absolute Gasteiger partial charge is 0.130 e. The van der Waals surface area contributed by atoms with Crippen LogP contribution in [-0.2, 0) is 18.5 Å². The molecule has 5 heteroatoms. The second-order valence-corrected chi connectivity index (χ2v) is 5.05. The summed E-state index contributed by atoms with van der Waals surface area (Å²) in [6, 6.07) is 7.88. The van der Waals surface area contributed by atoms with E-state index in [-0.39, 0.29) is 0 Å². The SMILES string of the molecule is CCn1nc(C)cc1COc1ccc(OC)cc1CBr. The lowest BCUT2D eigenvalue weighted by atomic mass is 10.2. The number of benzene rings is 1. The molecule has 1 aromatic heterocycles. The van der Waals surface area contributed by atoms with E-state index in [2.05, 4.69) is 34.0 Å². The van der Waals surface area contributed by atoms with Gasteiger partial charge in [-0.25, -0.2) is 0 Å². The minimum absolute atomic E-state index is 0.515. The Morgan fingerprint density at radius 1 is 1.30 bits per heavy atom. The molecule has 0 saturated carbocycles. The number of aromatic nitrogens is 2. The molecule has 108 valence electrons. The van der Waals surface area contributed by atoms with Crippen LogP contribution in [0.15, 0.2) is 24.3 Å². The molecule has 0 unspecified atom stereocenters. The van der Waals surface area contributed by atoms with Gasteiger partial charge >= 0.3 is 0 Å². The maximum Gasteiger partial charge on any atom is 0.130 e. The number of rotatable bonds is 6. The Labute approximate surface area is 127 Å². The second-order valence-electron chi connectivity index (χ2n) is 4.49. The molecule has 2 aromatic rings. The van der Waals surface area contributed by atoms with Gasteiger partial charge in [-0.3, -0.25) is 4.68 Å². The van der Waals surface area contributed by atoms with E-state index in [1.165, 1.54) is 0 Å². The van der Waals surface area contributed by atoms with Crippen LogP contribution >= 0.6 is 15.9 Å². The number of methoxy groups -OCH3 is 1. The Morgan fingerprint density at radius 3 is 2.75 bits per heavy atom. The topological polar surface area (TPSA) is 36.3 Å². The van der Waals surface area contributed by atoms with Crippen molar-refractivity contribution in [1.29, 1.82) is 0 Å². The average Bonchev–Trinajstić information content (AvgIpc) is 2.85. The highest BCUT2D eigenvalue weighted by Gasteiger charge is 2.08. The van der Waals surface area contributed by atoms with Crippen molar-refractivity contribution < 1.29 is 9.47 Å². The first-order valence-corrected chi connectivity index (χ1v) is 7.69. The largest absolute Gasteiger partial charge is 0.497 e. The van der Waals surface area contributed by atoms with Gasteiger partial charge in [0, 0.05) is 17.4 Å². The number of hydrogen-bond acceptors (Lipinski definition) is 3. The van der Waals surface area contributed by atoms with Crippen LogP contribution in [-0.4, -0.2) is 16.9 Å². The molecule has 0 spiro atoms. The maximum atomic E-state index is 5.92. The molecule has 0 amide bonds. The molecule has 0 aliphatic heterocycles. The Morgan fingerprint density at radius 2 is 2.10 bits per heavy atom. The molecule has 0 atom stereocenters. The fraction of sp³-hybridized carbons (Fsp3) is 0.400. The van der Waals surface area contributed by atoms with Crippen LogP contribution in [0.3, 0.4) is 0 Å². The second kappa shape index (κ2) is 6.79. The van der Waals surface area contributed by atoms with Crippen molar-refractivity contribution in [3.05, 3.63) is 41.2 Å². The highest BCUT2D eigenvalue weighted by atomic mass is 79.9. The van der Waals surface area contributed by atoms with E-state index >= 15 is 0 Å². The summed E-state index contributed by atoms with van der Waals surface area (Å²) in [4.78, 5) is 0. The number of aryl methyl sites for hydroxylation is 2. The normalized spacial score (nSPS) is 10.6. The number of ether oxygens (including phenoxy) is 2. The lowest BCUT2D eigenvalue weighted by Crippen LogP contribution is -2.06. The molecule has 1 aromatic carbocycles. The molecule has 0 N–H and O–H groups in total. The summed E-state index contributed by atoms with van der Waals surface area (Å²) in [7, 11) is 1.66. The van der Waals surface area contributed by atoms with E-state index < -0.39 is 0 Å². The Balaban J connectivity index is 2.14. The van der Waals surface area contributed by atoms with Gasteiger partial charge in [0.15, 0.2) is 0 Å². The summed E-state index contributed by atoms with van der Waals surface area (Å²) < 4.78 is 13.1. The summed E-state index contributed by atoms with van der Waals surface area (Å²) >= 11 is 3.48. The van der Waals surface area contributed by atoms with E-state index in [9.17, 15) is 0 Å². The summed E-state index contributed by atoms with van der Waals surface area (Å²) in [5.74, 6) is 1.70.